The Morgan fingerprint density at radius 2 is 1.66 bits per heavy atom. The Morgan fingerprint density at radius 3 is 2.10 bits per heavy atom. The molecule has 156 valence electrons. The van der Waals surface area contributed by atoms with E-state index in [-0.39, 0.29) is 12.1 Å². The third kappa shape index (κ3) is 5.06. The van der Waals surface area contributed by atoms with Gasteiger partial charge >= 0.3 is 6.18 Å². The minimum Gasteiger partial charge on any atom is -0.493 e. The van der Waals surface area contributed by atoms with Crippen LogP contribution >= 0.6 is 0 Å². The number of anilines is 1. The van der Waals surface area contributed by atoms with Crippen molar-refractivity contribution in [3.8, 4) is 17.2 Å². The van der Waals surface area contributed by atoms with Gasteiger partial charge in [0.05, 0.1) is 32.7 Å². The second kappa shape index (κ2) is 8.67. The quantitative estimate of drug-likeness (QED) is 0.546. The van der Waals surface area contributed by atoms with E-state index >= 15 is 0 Å². The van der Waals surface area contributed by atoms with Crippen molar-refractivity contribution in [2.75, 3.05) is 26.6 Å². The maximum absolute atomic E-state index is 13.1. The third-order valence-corrected chi connectivity index (χ3v) is 3.87. The largest absolute Gasteiger partial charge is 0.493 e. The summed E-state index contributed by atoms with van der Waals surface area (Å²) >= 11 is 0. The van der Waals surface area contributed by atoms with Gasteiger partial charge in [0.2, 0.25) is 11.7 Å². The highest BCUT2D eigenvalue weighted by Gasteiger charge is 2.38. The fourth-order valence-corrected chi connectivity index (χ4v) is 2.63. The summed E-state index contributed by atoms with van der Waals surface area (Å²) in [6.07, 6.45) is -5.16. The van der Waals surface area contributed by atoms with Gasteiger partial charge in [-0.3, -0.25) is 14.9 Å². The Bertz CT molecular complexity index is 905. The highest BCUT2D eigenvalue weighted by atomic mass is 19.4. The molecule has 2 aromatic rings. The molecule has 0 radical (unpaired) electrons. The van der Waals surface area contributed by atoms with Gasteiger partial charge in [0, 0.05) is 11.8 Å². The van der Waals surface area contributed by atoms with Crippen molar-refractivity contribution in [3.63, 3.8) is 0 Å². The fraction of sp³-hybridized carbons (Fsp3) is 0.278. The average Bonchev–Trinajstić information content (AvgIpc) is 2.66. The lowest BCUT2D eigenvalue weighted by atomic mass is 10.1. The summed E-state index contributed by atoms with van der Waals surface area (Å²) in [7, 11) is 4.22. The lowest BCUT2D eigenvalue weighted by Gasteiger charge is -2.14. The number of methoxy groups -OCH3 is 3. The monoisotopic (exact) mass is 414 g/mol. The molecular weight excluding hydrogens is 397 g/mol. The number of nitrogens with zero attached hydrogens (tertiary/aromatic N) is 1. The van der Waals surface area contributed by atoms with Crippen LogP contribution in [0.2, 0.25) is 0 Å². The van der Waals surface area contributed by atoms with Crippen molar-refractivity contribution in [2.24, 2.45) is 0 Å². The first-order valence-electron chi connectivity index (χ1n) is 8.05. The molecule has 2 aromatic carbocycles. The summed E-state index contributed by atoms with van der Waals surface area (Å²) in [5.41, 5.74) is -2.32. The SMILES string of the molecule is COc1cc(CC(=O)Nc2ccc([N+](=O)[O-])c(C(F)(F)F)c2)cc(OC)c1OC. The van der Waals surface area contributed by atoms with Crippen molar-refractivity contribution < 1.29 is 37.1 Å². The molecular formula is C18H17F3N2O6. The Labute approximate surface area is 163 Å². The van der Waals surface area contributed by atoms with E-state index in [2.05, 4.69) is 5.32 Å². The summed E-state index contributed by atoms with van der Waals surface area (Å²) in [4.78, 5) is 21.9. The van der Waals surface area contributed by atoms with Crippen LogP contribution in [0.1, 0.15) is 11.1 Å². The highest BCUT2D eigenvalue weighted by molar-refractivity contribution is 5.92. The molecule has 11 heteroatoms. The van der Waals surface area contributed by atoms with E-state index < -0.39 is 28.3 Å². The van der Waals surface area contributed by atoms with Gasteiger partial charge in [0.15, 0.2) is 11.5 Å². The van der Waals surface area contributed by atoms with E-state index in [0.717, 1.165) is 6.07 Å². The molecule has 0 spiro atoms. The molecule has 2 rings (SSSR count). The van der Waals surface area contributed by atoms with E-state index in [1.54, 1.807) is 0 Å². The zero-order valence-corrected chi connectivity index (χ0v) is 15.6. The molecule has 0 atom stereocenters. The first kappa shape index (κ1) is 21.8. The number of amides is 1. The van der Waals surface area contributed by atoms with E-state index in [1.165, 1.54) is 33.5 Å². The van der Waals surface area contributed by atoms with Gasteiger partial charge in [0.1, 0.15) is 5.56 Å². The van der Waals surface area contributed by atoms with Gasteiger partial charge in [-0.25, -0.2) is 0 Å². The van der Waals surface area contributed by atoms with Crippen LogP contribution in [0.4, 0.5) is 24.5 Å². The van der Waals surface area contributed by atoms with Gasteiger partial charge in [-0.2, -0.15) is 13.2 Å². The zero-order valence-electron chi connectivity index (χ0n) is 15.6. The van der Waals surface area contributed by atoms with Crippen LogP contribution in [0.25, 0.3) is 0 Å². The van der Waals surface area contributed by atoms with Gasteiger partial charge in [0.25, 0.3) is 5.69 Å². The molecule has 0 heterocycles. The standard InChI is InChI=1S/C18H17F3N2O6/c1-27-14-6-10(7-15(28-2)17(14)29-3)8-16(24)22-11-4-5-13(23(25)26)12(9-11)18(19,20)21/h4-7,9H,8H2,1-3H3,(H,22,24). The molecule has 0 aromatic heterocycles. The summed E-state index contributed by atoms with van der Waals surface area (Å²) in [6.45, 7) is 0. The highest BCUT2D eigenvalue weighted by Crippen LogP contribution is 2.39. The predicted molar refractivity (Wildman–Crippen MR) is 96.5 cm³/mol. The fourth-order valence-electron chi connectivity index (χ4n) is 2.63. The Kier molecular flexibility index (Phi) is 6.52. The third-order valence-electron chi connectivity index (χ3n) is 3.87. The first-order chi connectivity index (χ1) is 13.6. The maximum Gasteiger partial charge on any atom is 0.423 e. The number of halogens is 3. The first-order valence-corrected chi connectivity index (χ1v) is 8.05. The van der Waals surface area contributed by atoms with Crippen molar-refractivity contribution >= 4 is 17.3 Å². The van der Waals surface area contributed by atoms with Crippen molar-refractivity contribution in [2.45, 2.75) is 12.6 Å². The summed E-state index contributed by atoms with van der Waals surface area (Å²) in [5.74, 6) is 0.305. The van der Waals surface area contributed by atoms with Crippen LogP contribution in [-0.2, 0) is 17.4 Å². The lowest BCUT2D eigenvalue weighted by Crippen LogP contribution is -2.16. The minimum atomic E-state index is -4.94. The summed E-state index contributed by atoms with van der Waals surface area (Å²) < 4.78 is 54.7. The number of hydrogen-bond donors (Lipinski definition) is 1. The number of carbonyl (C=O) groups excluding carboxylic acids is 1. The smallest absolute Gasteiger partial charge is 0.423 e. The van der Waals surface area contributed by atoms with Gasteiger partial charge in [-0.1, -0.05) is 0 Å². The average molecular weight is 414 g/mol. The van der Waals surface area contributed by atoms with Gasteiger partial charge < -0.3 is 19.5 Å². The molecule has 1 amide bonds. The molecule has 0 fully saturated rings. The van der Waals surface area contributed by atoms with E-state index in [0.29, 0.717) is 34.9 Å². The number of nitro benzene ring substituents is 1. The normalized spacial score (nSPS) is 11.0. The van der Waals surface area contributed by atoms with Crippen LogP contribution < -0.4 is 19.5 Å². The minimum absolute atomic E-state index is 0.213. The van der Waals surface area contributed by atoms with Crippen molar-refractivity contribution in [1.29, 1.82) is 0 Å². The molecule has 1 N–H and O–H groups in total. The van der Waals surface area contributed by atoms with Crippen LogP contribution in [-0.4, -0.2) is 32.2 Å². The number of alkyl halides is 3. The Morgan fingerprint density at radius 1 is 1.07 bits per heavy atom. The molecule has 0 unspecified atom stereocenters. The number of rotatable bonds is 7. The van der Waals surface area contributed by atoms with Crippen LogP contribution in [0.15, 0.2) is 30.3 Å². The molecule has 0 bridgehead atoms. The molecule has 29 heavy (non-hydrogen) atoms. The van der Waals surface area contributed by atoms with E-state index in [4.69, 9.17) is 14.2 Å². The molecule has 0 saturated heterocycles. The van der Waals surface area contributed by atoms with Gasteiger partial charge in [-0.15, -0.1) is 0 Å². The summed E-state index contributed by atoms with van der Waals surface area (Å²) in [5, 5.41) is 13.1. The van der Waals surface area contributed by atoms with Crippen LogP contribution in [0, 0.1) is 10.1 Å². The lowest BCUT2D eigenvalue weighted by molar-refractivity contribution is -0.388. The summed E-state index contributed by atoms with van der Waals surface area (Å²) in [6, 6.07) is 5.29. The molecule has 0 aliphatic heterocycles. The molecule has 0 aliphatic carbocycles. The van der Waals surface area contributed by atoms with E-state index in [1.807, 2.05) is 0 Å². The van der Waals surface area contributed by atoms with Crippen molar-refractivity contribution in [3.05, 3.63) is 51.6 Å². The second-order valence-corrected chi connectivity index (χ2v) is 5.75. The Hall–Kier alpha value is -3.50. The molecule has 0 aliphatic rings. The Balaban J connectivity index is 2.27. The number of benzene rings is 2. The topological polar surface area (TPSA) is 99.9 Å². The van der Waals surface area contributed by atoms with Crippen LogP contribution in [0.5, 0.6) is 17.2 Å². The number of nitro groups is 1. The second-order valence-electron chi connectivity index (χ2n) is 5.75. The van der Waals surface area contributed by atoms with E-state index in [9.17, 15) is 28.1 Å². The van der Waals surface area contributed by atoms with Crippen molar-refractivity contribution in [1.82, 2.24) is 0 Å². The number of ether oxygens (including phenoxy) is 3. The predicted octanol–water partition coefficient (Wildman–Crippen LogP) is 3.82. The maximum atomic E-state index is 13.1. The van der Waals surface area contributed by atoms with Gasteiger partial charge in [-0.05, 0) is 29.8 Å². The molecule has 0 saturated carbocycles. The number of carbonyl (C=O) groups is 1. The zero-order chi connectivity index (χ0) is 21.8. The number of hydrogen-bond acceptors (Lipinski definition) is 6. The van der Waals surface area contributed by atoms with Crippen LogP contribution in [0.3, 0.4) is 0 Å². The number of nitrogens with one attached hydrogen (secondary N) is 1. The molecule has 8 nitrogen and oxygen atoms in total.